The Hall–Kier alpha value is -1.92. The molecule has 0 saturated heterocycles. The molecule has 2 rings (SSSR count). The first-order chi connectivity index (χ1) is 7.97. The Bertz CT molecular complexity index is 390. The van der Waals surface area contributed by atoms with Crippen molar-refractivity contribution in [3.05, 3.63) is 49.1 Å². The van der Waals surface area contributed by atoms with E-state index in [2.05, 4.69) is 9.97 Å². The zero-order valence-corrected chi connectivity index (χ0v) is 8.60. The van der Waals surface area contributed by atoms with Gasteiger partial charge in [0, 0.05) is 24.8 Å². The summed E-state index contributed by atoms with van der Waals surface area (Å²) in [5, 5.41) is 0. The van der Waals surface area contributed by atoms with E-state index >= 15 is 0 Å². The van der Waals surface area contributed by atoms with E-state index in [-0.39, 0.29) is 0 Å². The van der Waals surface area contributed by atoms with Crippen LogP contribution in [0.4, 0.5) is 17.3 Å². The second-order valence-electron chi connectivity index (χ2n) is 2.97. The van der Waals surface area contributed by atoms with Crippen molar-refractivity contribution in [3.63, 3.8) is 0 Å². The fourth-order valence-corrected chi connectivity index (χ4v) is 1.09. The van der Waals surface area contributed by atoms with E-state index in [1.54, 1.807) is 24.8 Å². The molecule has 0 N–H and O–H groups in total. The summed E-state index contributed by atoms with van der Waals surface area (Å²) in [4.78, 5) is 7.91. The van der Waals surface area contributed by atoms with E-state index in [1.807, 2.05) is 24.3 Å². The molecular weight excluding hydrogens is 235 g/mol. The number of rotatable bonds is 1. The van der Waals surface area contributed by atoms with E-state index in [4.69, 9.17) is 0 Å². The maximum Gasteiger partial charge on any atom is 0.673 e. The molecule has 0 spiro atoms. The average Bonchev–Trinajstić information content (AvgIpc) is 2.29. The predicted octanol–water partition coefficient (Wildman–Crippen LogP) is 3.44. The van der Waals surface area contributed by atoms with Gasteiger partial charge in [-0.3, -0.25) is 9.97 Å². The normalized spacial score (nSPS) is 10.4. The highest BCUT2D eigenvalue weighted by atomic mass is 19.5. The van der Waals surface area contributed by atoms with Crippen LogP contribution in [0.3, 0.4) is 0 Å². The summed E-state index contributed by atoms with van der Waals surface area (Å²) in [6.45, 7) is 0. The second-order valence-corrected chi connectivity index (χ2v) is 2.97. The van der Waals surface area contributed by atoms with Crippen LogP contribution in [0, 0.1) is 0 Å². The fourth-order valence-electron chi connectivity index (χ4n) is 1.09. The molecule has 0 aliphatic heterocycles. The molecule has 2 aromatic heterocycles. The van der Waals surface area contributed by atoms with Gasteiger partial charge in [-0.15, -0.1) is 0 Å². The van der Waals surface area contributed by atoms with Crippen LogP contribution in [0.15, 0.2) is 49.1 Å². The van der Waals surface area contributed by atoms with Crippen LogP contribution in [-0.2, 0) is 0 Å². The fraction of sp³-hybridized carbons (Fsp3) is 0. The van der Waals surface area contributed by atoms with Crippen molar-refractivity contribution in [1.29, 1.82) is 0 Å². The monoisotopic (exact) mass is 243 g/mol. The molecule has 0 aliphatic carbocycles. The minimum absolute atomic E-state index is 1.17. The lowest BCUT2D eigenvalue weighted by Crippen LogP contribution is -2.02. The SMILES string of the molecule is F[B-](F)(F)F.c1cc(-c2ccncc2)ccn1. The van der Waals surface area contributed by atoms with Gasteiger partial charge in [0.25, 0.3) is 0 Å². The van der Waals surface area contributed by atoms with Crippen LogP contribution in [0.5, 0.6) is 0 Å². The van der Waals surface area contributed by atoms with E-state index in [1.165, 1.54) is 11.1 Å². The Balaban J connectivity index is 0.000000249. The standard InChI is InChI=1S/C10H8N2.BF4/c1-5-11-6-2-9(1)10-3-7-12-8-4-10;2-1(3,4)5/h1-8H;/q;-1. The highest BCUT2D eigenvalue weighted by molar-refractivity contribution is 6.50. The van der Waals surface area contributed by atoms with Crippen LogP contribution in [0.2, 0.25) is 0 Å². The van der Waals surface area contributed by atoms with E-state index < -0.39 is 7.25 Å². The van der Waals surface area contributed by atoms with Gasteiger partial charge in [-0.1, -0.05) is 0 Å². The van der Waals surface area contributed by atoms with Gasteiger partial charge in [0.2, 0.25) is 0 Å². The summed E-state index contributed by atoms with van der Waals surface area (Å²) >= 11 is 0. The molecule has 7 heteroatoms. The van der Waals surface area contributed by atoms with Crippen molar-refractivity contribution < 1.29 is 17.3 Å². The van der Waals surface area contributed by atoms with Crippen molar-refractivity contribution in [2.75, 3.05) is 0 Å². The molecule has 0 aromatic carbocycles. The Morgan fingerprint density at radius 3 is 1.12 bits per heavy atom. The maximum absolute atomic E-state index is 9.75. The highest BCUT2D eigenvalue weighted by Gasteiger charge is 2.20. The number of nitrogens with zero attached hydrogens (tertiary/aromatic N) is 2. The van der Waals surface area contributed by atoms with E-state index in [9.17, 15) is 17.3 Å². The van der Waals surface area contributed by atoms with Crippen molar-refractivity contribution in [1.82, 2.24) is 9.97 Å². The highest BCUT2D eigenvalue weighted by Crippen LogP contribution is 2.15. The lowest BCUT2D eigenvalue weighted by molar-refractivity contribution is 0.368. The molecule has 2 heterocycles. The van der Waals surface area contributed by atoms with Crippen LogP contribution in [0.1, 0.15) is 0 Å². The summed E-state index contributed by atoms with van der Waals surface area (Å²) in [6, 6.07) is 7.93. The molecule has 90 valence electrons. The van der Waals surface area contributed by atoms with E-state index in [0.29, 0.717) is 0 Å². The molecule has 0 amide bonds. The molecule has 0 atom stereocenters. The second kappa shape index (κ2) is 5.98. The summed E-state index contributed by atoms with van der Waals surface area (Å²) in [6.07, 6.45) is 7.15. The minimum atomic E-state index is -6.00. The third-order valence-corrected chi connectivity index (χ3v) is 1.69. The first kappa shape index (κ1) is 13.2. The van der Waals surface area contributed by atoms with Crippen molar-refractivity contribution in [2.24, 2.45) is 0 Å². The number of aromatic nitrogens is 2. The first-order valence-corrected chi connectivity index (χ1v) is 4.64. The smallest absolute Gasteiger partial charge is 0.418 e. The third-order valence-electron chi connectivity index (χ3n) is 1.69. The minimum Gasteiger partial charge on any atom is -0.418 e. The molecule has 2 nitrogen and oxygen atoms in total. The molecular formula is C10H8BF4N2-. The Kier molecular flexibility index (Phi) is 4.62. The summed E-state index contributed by atoms with van der Waals surface area (Å²) < 4.78 is 39.0. The van der Waals surface area contributed by atoms with Gasteiger partial charge < -0.3 is 17.3 Å². The average molecular weight is 243 g/mol. The molecule has 0 aliphatic rings. The summed E-state index contributed by atoms with van der Waals surface area (Å²) in [5.41, 5.74) is 2.35. The van der Waals surface area contributed by atoms with Gasteiger partial charge in [-0.25, -0.2) is 0 Å². The molecule has 0 radical (unpaired) electrons. The van der Waals surface area contributed by atoms with Crippen molar-refractivity contribution in [3.8, 4) is 11.1 Å². The lowest BCUT2D eigenvalue weighted by Gasteiger charge is -1.97. The molecule has 0 fully saturated rings. The molecule has 17 heavy (non-hydrogen) atoms. The molecule has 0 bridgehead atoms. The quantitative estimate of drug-likeness (QED) is 0.566. The maximum atomic E-state index is 9.75. The largest absolute Gasteiger partial charge is 0.673 e. The molecule has 0 unspecified atom stereocenters. The zero-order chi connectivity index (χ0) is 12.7. The topological polar surface area (TPSA) is 25.8 Å². The first-order valence-electron chi connectivity index (χ1n) is 4.64. The zero-order valence-electron chi connectivity index (χ0n) is 8.60. The summed E-state index contributed by atoms with van der Waals surface area (Å²) in [5.74, 6) is 0. The summed E-state index contributed by atoms with van der Waals surface area (Å²) in [7, 11) is -6.00. The lowest BCUT2D eigenvalue weighted by atomic mass is 10.1. The van der Waals surface area contributed by atoms with Crippen LogP contribution >= 0.6 is 0 Å². The number of halogens is 4. The van der Waals surface area contributed by atoms with Crippen molar-refractivity contribution in [2.45, 2.75) is 0 Å². The Morgan fingerprint density at radius 1 is 0.647 bits per heavy atom. The van der Waals surface area contributed by atoms with Gasteiger partial charge in [0.1, 0.15) is 0 Å². The molecule has 0 saturated carbocycles. The molecule has 2 aromatic rings. The number of pyridine rings is 2. The number of hydrogen-bond acceptors (Lipinski definition) is 2. The van der Waals surface area contributed by atoms with Gasteiger partial charge in [0.15, 0.2) is 0 Å². The Morgan fingerprint density at radius 2 is 0.882 bits per heavy atom. The van der Waals surface area contributed by atoms with Crippen LogP contribution in [0.25, 0.3) is 11.1 Å². The van der Waals surface area contributed by atoms with Crippen LogP contribution in [-0.4, -0.2) is 17.2 Å². The number of hydrogen-bond donors (Lipinski definition) is 0. The van der Waals surface area contributed by atoms with Gasteiger partial charge in [-0.2, -0.15) is 0 Å². The third kappa shape index (κ3) is 6.29. The van der Waals surface area contributed by atoms with Crippen molar-refractivity contribution >= 4 is 7.25 Å². The Labute approximate surface area is 95.5 Å². The van der Waals surface area contributed by atoms with Gasteiger partial charge in [-0.05, 0) is 35.4 Å². The van der Waals surface area contributed by atoms with Gasteiger partial charge in [0.05, 0.1) is 0 Å². The predicted molar refractivity (Wildman–Crippen MR) is 57.7 cm³/mol. The van der Waals surface area contributed by atoms with Crippen LogP contribution < -0.4 is 0 Å². The van der Waals surface area contributed by atoms with E-state index in [0.717, 1.165) is 0 Å². The van der Waals surface area contributed by atoms with Gasteiger partial charge >= 0.3 is 7.25 Å².